The van der Waals surface area contributed by atoms with Gasteiger partial charge in [-0.05, 0) is 56.9 Å². The first kappa shape index (κ1) is 14.8. The van der Waals surface area contributed by atoms with Crippen LogP contribution in [0.15, 0.2) is 12.1 Å². The van der Waals surface area contributed by atoms with Gasteiger partial charge in [0.1, 0.15) is 11.6 Å². The lowest BCUT2D eigenvalue weighted by Gasteiger charge is -2.27. The van der Waals surface area contributed by atoms with Crippen molar-refractivity contribution in [3.8, 4) is 5.75 Å². The highest BCUT2D eigenvalue weighted by molar-refractivity contribution is 6.27. The summed E-state index contributed by atoms with van der Waals surface area (Å²) in [7, 11) is 0. The summed E-state index contributed by atoms with van der Waals surface area (Å²) in [6, 6.07) is 3.71. The number of nitrogens with one attached hydrogen (secondary N) is 1. The molecule has 0 heterocycles. The molecule has 100 valence electrons. The first-order chi connectivity index (χ1) is 8.25. The van der Waals surface area contributed by atoms with E-state index in [2.05, 4.69) is 5.32 Å². The first-order valence-electron chi connectivity index (χ1n) is 5.91. The molecule has 0 saturated carbocycles. The van der Waals surface area contributed by atoms with Crippen LogP contribution in [0.1, 0.15) is 30.5 Å². The number of rotatable bonds is 4. The SMILES string of the molecule is Cc1cc(CC(C)(C)NC(=O)CCl)c(C)cc1O. The van der Waals surface area contributed by atoms with Crippen molar-refractivity contribution in [2.75, 3.05) is 5.88 Å². The summed E-state index contributed by atoms with van der Waals surface area (Å²) < 4.78 is 0. The number of carbonyl (C=O) groups excluding carboxylic acids is 1. The Morgan fingerprint density at radius 1 is 1.33 bits per heavy atom. The highest BCUT2D eigenvalue weighted by Gasteiger charge is 2.21. The van der Waals surface area contributed by atoms with Gasteiger partial charge in [0, 0.05) is 5.54 Å². The smallest absolute Gasteiger partial charge is 0.235 e. The third-order valence-corrected chi connectivity index (χ3v) is 3.13. The van der Waals surface area contributed by atoms with E-state index in [9.17, 15) is 9.90 Å². The monoisotopic (exact) mass is 269 g/mol. The Morgan fingerprint density at radius 3 is 2.50 bits per heavy atom. The van der Waals surface area contributed by atoms with Gasteiger partial charge in [0.25, 0.3) is 0 Å². The van der Waals surface area contributed by atoms with Crippen LogP contribution < -0.4 is 5.32 Å². The third kappa shape index (κ3) is 3.91. The average molecular weight is 270 g/mol. The fourth-order valence-corrected chi connectivity index (χ4v) is 2.05. The number of carbonyl (C=O) groups is 1. The zero-order valence-corrected chi connectivity index (χ0v) is 12.1. The van der Waals surface area contributed by atoms with Gasteiger partial charge in [-0.15, -0.1) is 11.6 Å². The summed E-state index contributed by atoms with van der Waals surface area (Å²) in [5, 5.41) is 12.5. The molecule has 0 aliphatic rings. The number of aryl methyl sites for hydroxylation is 2. The fraction of sp³-hybridized carbons (Fsp3) is 0.500. The number of phenols is 1. The highest BCUT2D eigenvalue weighted by Crippen LogP contribution is 2.24. The summed E-state index contributed by atoms with van der Waals surface area (Å²) in [6.45, 7) is 7.73. The van der Waals surface area contributed by atoms with Gasteiger partial charge >= 0.3 is 0 Å². The molecule has 18 heavy (non-hydrogen) atoms. The van der Waals surface area contributed by atoms with Crippen molar-refractivity contribution in [1.29, 1.82) is 0 Å². The maximum atomic E-state index is 11.3. The van der Waals surface area contributed by atoms with Gasteiger partial charge in [0.15, 0.2) is 0 Å². The van der Waals surface area contributed by atoms with Gasteiger partial charge in [-0.3, -0.25) is 4.79 Å². The molecule has 0 atom stereocenters. The number of hydrogen-bond donors (Lipinski definition) is 2. The van der Waals surface area contributed by atoms with Crippen LogP contribution in [-0.4, -0.2) is 22.4 Å². The van der Waals surface area contributed by atoms with Crippen LogP contribution in [0.4, 0.5) is 0 Å². The van der Waals surface area contributed by atoms with Crippen LogP contribution in [0.3, 0.4) is 0 Å². The van der Waals surface area contributed by atoms with Gasteiger partial charge in [-0.2, -0.15) is 0 Å². The molecule has 2 N–H and O–H groups in total. The zero-order valence-electron chi connectivity index (χ0n) is 11.3. The third-order valence-electron chi connectivity index (χ3n) is 2.89. The lowest BCUT2D eigenvalue weighted by atomic mass is 9.91. The molecule has 0 fully saturated rings. The molecule has 1 aromatic rings. The Morgan fingerprint density at radius 2 is 1.94 bits per heavy atom. The minimum absolute atomic E-state index is 0.0307. The van der Waals surface area contributed by atoms with Crippen LogP contribution in [0, 0.1) is 13.8 Å². The van der Waals surface area contributed by atoms with Gasteiger partial charge in [0.05, 0.1) is 0 Å². The van der Waals surface area contributed by atoms with E-state index < -0.39 is 0 Å². The quantitative estimate of drug-likeness (QED) is 0.826. The van der Waals surface area contributed by atoms with Gasteiger partial charge < -0.3 is 10.4 Å². The molecule has 0 aliphatic heterocycles. The number of amides is 1. The molecule has 1 rings (SSSR count). The maximum absolute atomic E-state index is 11.3. The number of benzene rings is 1. The van der Waals surface area contributed by atoms with Crippen LogP contribution in [0.25, 0.3) is 0 Å². The topological polar surface area (TPSA) is 49.3 Å². The Labute approximate surface area is 113 Å². The summed E-state index contributed by atoms with van der Waals surface area (Å²) in [6.07, 6.45) is 0.697. The molecule has 0 spiro atoms. The van der Waals surface area contributed by atoms with Crippen molar-refractivity contribution in [1.82, 2.24) is 5.32 Å². The van der Waals surface area contributed by atoms with Crippen molar-refractivity contribution >= 4 is 17.5 Å². The van der Waals surface area contributed by atoms with E-state index in [1.165, 1.54) is 0 Å². The summed E-state index contributed by atoms with van der Waals surface area (Å²) >= 11 is 5.49. The maximum Gasteiger partial charge on any atom is 0.235 e. The fourth-order valence-electron chi connectivity index (χ4n) is 1.98. The molecule has 0 radical (unpaired) electrons. The predicted molar refractivity (Wildman–Crippen MR) is 74.2 cm³/mol. The molecule has 3 nitrogen and oxygen atoms in total. The van der Waals surface area contributed by atoms with E-state index in [-0.39, 0.29) is 17.3 Å². The predicted octanol–water partition coefficient (Wildman–Crippen LogP) is 2.69. The molecule has 0 aromatic heterocycles. The van der Waals surface area contributed by atoms with Crippen LogP contribution >= 0.6 is 11.6 Å². The average Bonchev–Trinajstić information content (AvgIpc) is 2.24. The molecule has 0 unspecified atom stereocenters. The van der Waals surface area contributed by atoms with Gasteiger partial charge in [-0.1, -0.05) is 6.07 Å². The second-order valence-corrected chi connectivity index (χ2v) is 5.57. The standard InChI is InChI=1S/C14H20ClNO2/c1-9-6-12(17)10(2)5-11(9)7-14(3,4)16-13(18)8-15/h5-6,17H,7-8H2,1-4H3,(H,16,18). The van der Waals surface area contributed by atoms with E-state index in [0.29, 0.717) is 12.2 Å². The van der Waals surface area contributed by atoms with Crippen molar-refractivity contribution < 1.29 is 9.90 Å². The van der Waals surface area contributed by atoms with Crippen LogP contribution in [0.5, 0.6) is 5.75 Å². The normalized spacial score (nSPS) is 11.4. The highest BCUT2D eigenvalue weighted by atomic mass is 35.5. The Balaban J connectivity index is 2.90. The molecule has 1 aromatic carbocycles. The van der Waals surface area contributed by atoms with Crippen molar-refractivity contribution in [2.24, 2.45) is 0 Å². The van der Waals surface area contributed by atoms with E-state index in [1.807, 2.05) is 33.8 Å². The second kappa shape index (κ2) is 5.61. The molecular formula is C14H20ClNO2. The molecule has 0 aliphatic carbocycles. The summed E-state index contributed by atoms with van der Waals surface area (Å²) in [5.41, 5.74) is 2.62. The number of halogens is 1. The largest absolute Gasteiger partial charge is 0.508 e. The number of hydrogen-bond acceptors (Lipinski definition) is 2. The van der Waals surface area contributed by atoms with Gasteiger partial charge in [0.2, 0.25) is 5.91 Å². The van der Waals surface area contributed by atoms with Crippen molar-refractivity contribution in [3.63, 3.8) is 0 Å². The van der Waals surface area contributed by atoms with Crippen LogP contribution in [-0.2, 0) is 11.2 Å². The molecule has 1 amide bonds. The Hall–Kier alpha value is -1.22. The zero-order chi connectivity index (χ0) is 13.9. The Bertz CT molecular complexity index is 455. The van der Waals surface area contributed by atoms with Crippen molar-refractivity contribution in [2.45, 2.75) is 39.7 Å². The van der Waals surface area contributed by atoms with E-state index in [0.717, 1.165) is 16.7 Å². The molecular weight excluding hydrogens is 250 g/mol. The number of aromatic hydroxyl groups is 1. The lowest BCUT2D eigenvalue weighted by molar-refractivity contribution is -0.120. The summed E-state index contributed by atoms with van der Waals surface area (Å²) in [4.78, 5) is 11.3. The summed E-state index contributed by atoms with van der Waals surface area (Å²) in [5.74, 6) is 0.102. The minimum Gasteiger partial charge on any atom is -0.508 e. The van der Waals surface area contributed by atoms with E-state index >= 15 is 0 Å². The number of alkyl halides is 1. The lowest BCUT2D eigenvalue weighted by Crippen LogP contribution is -2.45. The Kier molecular flexibility index (Phi) is 4.63. The van der Waals surface area contributed by atoms with E-state index in [4.69, 9.17) is 11.6 Å². The van der Waals surface area contributed by atoms with Crippen molar-refractivity contribution in [3.05, 3.63) is 28.8 Å². The number of phenolic OH excluding ortho intramolecular Hbond substituents is 1. The molecule has 0 bridgehead atoms. The molecule has 0 saturated heterocycles. The molecule has 4 heteroatoms. The first-order valence-corrected chi connectivity index (χ1v) is 6.44. The minimum atomic E-state index is -0.361. The van der Waals surface area contributed by atoms with Gasteiger partial charge in [-0.25, -0.2) is 0 Å². The van der Waals surface area contributed by atoms with E-state index in [1.54, 1.807) is 6.07 Å². The van der Waals surface area contributed by atoms with Crippen LogP contribution in [0.2, 0.25) is 0 Å². The second-order valence-electron chi connectivity index (χ2n) is 5.31.